The van der Waals surface area contributed by atoms with Crippen LogP contribution >= 0.6 is 0 Å². The van der Waals surface area contributed by atoms with E-state index in [1.165, 1.54) is 7.11 Å². The number of hydrogen-bond donors (Lipinski definition) is 2. The van der Waals surface area contributed by atoms with E-state index in [4.69, 9.17) is 10.2 Å². The van der Waals surface area contributed by atoms with Crippen LogP contribution in [0.5, 0.6) is 0 Å². The van der Waals surface area contributed by atoms with E-state index in [2.05, 4.69) is 4.74 Å². The first-order valence-electron chi connectivity index (χ1n) is 5.05. The highest BCUT2D eigenvalue weighted by molar-refractivity contribution is 5.93. The van der Waals surface area contributed by atoms with Crippen LogP contribution in [-0.4, -0.2) is 35.9 Å². The van der Waals surface area contributed by atoms with Gasteiger partial charge in [-0.3, -0.25) is 9.59 Å². The third kappa shape index (κ3) is 6.06. The number of ether oxygens (including phenoxy) is 1. The van der Waals surface area contributed by atoms with Crippen molar-refractivity contribution >= 4 is 11.9 Å². The van der Waals surface area contributed by atoms with Crippen molar-refractivity contribution in [1.82, 2.24) is 0 Å². The van der Waals surface area contributed by atoms with Crippen molar-refractivity contribution in [1.29, 1.82) is 0 Å². The van der Waals surface area contributed by atoms with Gasteiger partial charge in [0.05, 0.1) is 7.11 Å². The second-order valence-electron chi connectivity index (χ2n) is 3.34. The molecule has 0 aliphatic rings. The second kappa shape index (κ2) is 8.23. The Kier molecular flexibility index (Phi) is 7.62. The summed E-state index contributed by atoms with van der Waals surface area (Å²) in [5, 5.41) is 17.3. The highest BCUT2D eigenvalue weighted by Gasteiger charge is 2.26. The first-order chi connectivity index (χ1) is 7.13. The lowest BCUT2D eigenvalue weighted by molar-refractivity contribution is -0.157. The van der Waals surface area contributed by atoms with Crippen LogP contribution in [0, 0.1) is 5.92 Å². The van der Waals surface area contributed by atoms with Crippen molar-refractivity contribution in [2.75, 3.05) is 13.7 Å². The van der Waals surface area contributed by atoms with E-state index in [1.807, 2.05) is 0 Å². The van der Waals surface area contributed by atoms with Gasteiger partial charge in [0.2, 0.25) is 0 Å². The van der Waals surface area contributed by atoms with Gasteiger partial charge in [-0.15, -0.1) is 0 Å². The maximum absolute atomic E-state index is 11.0. The van der Waals surface area contributed by atoms with Crippen LogP contribution in [0.3, 0.4) is 0 Å². The van der Waals surface area contributed by atoms with Crippen molar-refractivity contribution < 1.29 is 24.5 Å². The molecule has 15 heavy (non-hydrogen) atoms. The number of aliphatic hydroxyl groups is 1. The number of carboxylic acids is 1. The molecular weight excluding hydrogens is 200 g/mol. The van der Waals surface area contributed by atoms with Gasteiger partial charge in [-0.2, -0.15) is 0 Å². The van der Waals surface area contributed by atoms with Gasteiger partial charge >= 0.3 is 11.9 Å². The number of esters is 1. The zero-order valence-electron chi connectivity index (χ0n) is 8.94. The Labute approximate surface area is 89.0 Å². The molecule has 0 saturated heterocycles. The third-order valence-electron chi connectivity index (χ3n) is 2.18. The van der Waals surface area contributed by atoms with Crippen LogP contribution in [0.15, 0.2) is 0 Å². The molecule has 5 heteroatoms. The molecule has 0 aromatic carbocycles. The minimum Gasteiger partial charge on any atom is -0.481 e. The van der Waals surface area contributed by atoms with Crippen molar-refractivity contribution in [3.8, 4) is 0 Å². The van der Waals surface area contributed by atoms with Crippen LogP contribution < -0.4 is 0 Å². The number of unbranched alkanes of at least 4 members (excludes halogenated alkanes) is 3. The van der Waals surface area contributed by atoms with E-state index in [0.29, 0.717) is 12.8 Å². The number of hydrogen-bond acceptors (Lipinski definition) is 4. The summed E-state index contributed by atoms with van der Waals surface area (Å²) >= 11 is 0. The van der Waals surface area contributed by atoms with Crippen LogP contribution in [0.2, 0.25) is 0 Å². The smallest absolute Gasteiger partial charge is 0.320 e. The summed E-state index contributed by atoms with van der Waals surface area (Å²) in [4.78, 5) is 21.7. The number of carbonyl (C=O) groups is 2. The Bertz CT molecular complexity index is 202. The number of methoxy groups -OCH3 is 1. The molecule has 0 aromatic heterocycles. The van der Waals surface area contributed by atoms with E-state index in [1.54, 1.807) is 0 Å². The summed E-state index contributed by atoms with van der Waals surface area (Å²) in [6, 6.07) is 0. The highest BCUT2D eigenvalue weighted by atomic mass is 16.5. The molecule has 0 aliphatic carbocycles. The van der Waals surface area contributed by atoms with Crippen LogP contribution in [0.25, 0.3) is 0 Å². The third-order valence-corrected chi connectivity index (χ3v) is 2.18. The zero-order valence-corrected chi connectivity index (χ0v) is 8.94. The van der Waals surface area contributed by atoms with E-state index >= 15 is 0 Å². The molecule has 0 radical (unpaired) electrons. The van der Waals surface area contributed by atoms with Gasteiger partial charge in [-0.05, 0) is 12.8 Å². The van der Waals surface area contributed by atoms with E-state index < -0.39 is 17.9 Å². The first-order valence-corrected chi connectivity index (χ1v) is 5.05. The molecule has 0 amide bonds. The van der Waals surface area contributed by atoms with Crippen molar-refractivity contribution in [3.63, 3.8) is 0 Å². The molecule has 5 nitrogen and oxygen atoms in total. The monoisotopic (exact) mass is 218 g/mol. The lowest BCUT2D eigenvalue weighted by atomic mass is 10.0. The number of carboxylic acid groups (broad SMARTS) is 1. The van der Waals surface area contributed by atoms with Crippen LogP contribution in [0.1, 0.15) is 32.1 Å². The Balaban J connectivity index is 3.77. The Morgan fingerprint density at radius 1 is 1.20 bits per heavy atom. The summed E-state index contributed by atoms with van der Waals surface area (Å²) in [6.07, 6.45) is 3.35. The summed E-state index contributed by atoms with van der Waals surface area (Å²) in [7, 11) is 1.18. The maximum atomic E-state index is 11.0. The number of carbonyl (C=O) groups excluding carboxylic acids is 1. The van der Waals surface area contributed by atoms with Gasteiger partial charge in [-0.1, -0.05) is 19.3 Å². The Morgan fingerprint density at radius 2 is 1.80 bits per heavy atom. The summed E-state index contributed by atoms with van der Waals surface area (Å²) in [6.45, 7) is 0.152. The molecule has 88 valence electrons. The number of aliphatic carboxylic acids is 1. The molecule has 0 aromatic rings. The lowest BCUT2D eigenvalue weighted by Gasteiger charge is -2.09. The topological polar surface area (TPSA) is 83.8 Å². The molecule has 0 aliphatic heterocycles. The van der Waals surface area contributed by atoms with Crippen LogP contribution in [-0.2, 0) is 14.3 Å². The molecule has 0 fully saturated rings. The molecular formula is C10H18O5. The quantitative estimate of drug-likeness (QED) is 0.357. The standard InChI is InChI=1S/C10H18O5/c1-15-10(14)8(9(12)13)6-4-2-3-5-7-11/h8,11H,2-7H2,1H3,(H,12,13). The molecule has 1 atom stereocenters. The number of aliphatic hydroxyl groups excluding tert-OH is 1. The normalized spacial score (nSPS) is 12.1. The van der Waals surface area contributed by atoms with Gasteiger partial charge in [0.1, 0.15) is 0 Å². The van der Waals surface area contributed by atoms with Crippen LogP contribution in [0.4, 0.5) is 0 Å². The average molecular weight is 218 g/mol. The van der Waals surface area contributed by atoms with Crippen molar-refractivity contribution in [3.05, 3.63) is 0 Å². The fourth-order valence-electron chi connectivity index (χ4n) is 1.30. The molecule has 0 saturated carbocycles. The number of rotatable bonds is 8. The maximum Gasteiger partial charge on any atom is 0.320 e. The molecule has 0 spiro atoms. The van der Waals surface area contributed by atoms with Gasteiger partial charge in [0, 0.05) is 6.61 Å². The molecule has 0 rings (SSSR count). The molecule has 2 N–H and O–H groups in total. The van der Waals surface area contributed by atoms with Gasteiger partial charge in [-0.25, -0.2) is 0 Å². The molecule has 0 bridgehead atoms. The van der Waals surface area contributed by atoms with E-state index in [9.17, 15) is 9.59 Å². The van der Waals surface area contributed by atoms with Gasteiger partial charge in [0.25, 0.3) is 0 Å². The second-order valence-corrected chi connectivity index (χ2v) is 3.34. The molecule has 1 unspecified atom stereocenters. The Hall–Kier alpha value is -1.10. The lowest BCUT2D eigenvalue weighted by Crippen LogP contribution is -2.24. The Morgan fingerprint density at radius 3 is 2.27 bits per heavy atom. The van der Waals surface area contributed by atoms with Crippen molar-refractivity contribution in [2.24, 2.45) is 5.92 Å². The summed E-state index contributed by atoms with van der Waals surface area (Å²) < 4.78 is 4.39. The van der Waals surface area contributed by atoms with Gasteiger partial charge in [0.15, 0.2) is 5.92 Å². The average Bonchev–Trinajstić information content (AvgIpc) is 2.22. The summed E-state index contributed by atoms with van der Waals surface area (Å²) in [5.74, 6) is -2.88. The summed E-state index contributed by atoms with van der Waals surface area (Å²) in [5.41, 5.74) is 0. The highest BCUT2D eigenvalue weighted by Crippen LogP contribution is 2.12. The molecule has 0 heterocycles. The predicted molar refractivity (Wildman–Crippen MR) is 53.3 cm³/mol. The van der Waals surface area contributed by atoms with Crippen molar-refractivity contribution in [2.45, 2.75) is 32.1 Å². The van der Waals surface area contributed by atoms with Gasteiger partial charge < -0.3 is 14.9 Å². The van der Waals surface area contributed by atoms with E-state index in [-0.39, 0.29) is 6.61 Å². The predicted octanol–water partition coefficient (Wildman–Crippen LogP) is 0.803. The SMILES string of the molecule is COC(=O)C(CCCCCCO)C(=O)O. The fraction of sp³-hybridized carbons (Fsp3) is 0.800. The zero-order chi connectivity index (χ0) is 11.7. The minimum atomic E-state index is -1.14. The fourth-order valence-corrected chi connectivity index (χ4v) is 1.30. The van der Waals surface area contributed by atoms with E-state index in [0.717, 1.165) is 19.3 Å². The first kappa shape index (κ1) is 13.9. The largest absolute Gasteiger partial charge is 0.481 e. The minimum absolute atomic E-state index is 0.152.